The van der Waals surface area contributed by atoms with Crippen molar-refractivity contribution in [3.8, 4) is 0 Å². The van der Waals surface area contributed by atoms with Crippen molar-refractivity contribution in [1.82, 2.24) is 0 Å². The fraction of sp³-hybridized carbons (Fsp3) is 0.500. The van der Waals surface area contributed by atoms with Crippen molar-refractivity contribution in [3.05, 3.63) is 23.8 Å². The SMILES string of the molecule is CC(C)S(=O)(=O)Nc1ccc2c(c1)NCCC2. The average molecular weight is 254 g/mol. The van der Waals surface area contributed by atoms with Crippen molar-refractivity contribution in [2.75, 3.05) is 16.6 Å². The normalized spacial score (nSPS) is 15.2. The smallest absolute Gasteiger partial charge is 0.235 e. The van der Waals surface area contributed by atoms with Crippen LogP contribution in [0.5, 0.6) is 0 Å². The lowest BCUT2D eigenvalue weighted by molar-refractivity contribution is 0.593. The maximum atomic E-state index is 11.7. The molecule has 94 valence electrons. The zero-order valence-corrected chi connectivity index (χ0v) is 11.0. The molecule has 0 aromatic heterocycles. The Morgan fingerprint density at radius 1 is 1.35 bits per heavy atom. The van der Waals surface area contributed by atoms with E-state index in [-0.39, 0.29) is 0 Å². The van der Waals surface area contributed by atoms with E-state index in [9.17, 15) is 8.42 Å². The first-order valence-corrected chi connectivity index (χ1v) is 7.42. The maximum Gasteiger partial charge on any atom is 0.235 e. The predicted octanol–water partition coefficient (Wildman–Crippen LogP) is 2.19. The molecule has 0 radical (unpaired) electrons. The molecule has 0 bridgehead atoms. The van der Waals surface area contributed by atoms with Gasteiger partial charge in [0.05, 0.1) is 10.9 Å². The van der Waals surface area contributed by atoms with Gasteiger partial charge in [-0.1, -0.05) is 6.07 Å². The van der Waals surface area contributed by atoms with E-state index in [0.29, 0.717) is 5.69 Å². The minimum absolute atomic E-state index is 0.425. The summed E-state index contributed by atoms with van der Waals surface area (Å²) in [5.74, 6) is 0. The summed E-state index contributed by atoms with van der Waals surface area (Å²) in [4.78, 5) is 0. The van der Waals surface area contributed by atoms with Crippen molar-refractivity contribution in [2.45, 2.75) is 31.9 Å². The van der Waals surface area contributed by atoms with E-state index in [2.05, 4.69) is 10.0 Å². The Bertz CT molecular complexity index is 509. The van der Waals surface area contributed by atoms with E-state index >= 15 is 0 Å². The third-order valence-corrected chi connectivity index (χ3v) is 4.69. The highest BCUT2D eigenvalue weighted by atomic mass is 32.2. The van der Waals surface area contributed by atoms with Crippen LogP contribution < -0.4 is 10.0 Å². The molecule has 0 fully saturated rings. The summed E-state index contributed by atoms with van der Waals surface area (Å²) < 4.78 is 26.1. The molecule has 0 saturated carbocycles. The number of nitrogens with one attached hydrogen (secondary N) is 2. The van der Waals surface area contributed by atoms with Gasteiger partial charge in [-0.3, -0.25) is 4.72 Å². The second kappa shape index (κ2) is 4.56. The molecule has 17 heavy (non-hydrogen) atoms. The Hall–Kier alpha value is -1.23. The second-order valence-electron chi connectivity index (χ2n) is 4.60. The van der Waals surface area contributed by atoms with E-state index in [0.717, 1.165) is 25.1 Å². The largest absolute Gasteiger partial charge is 0.385 e. The van der Waals surface area contributed by atoms with Gasteiger partial charge in [0.15, 0.2) is 0 Å². The molecule has 0 aliphatic carbocycles. The van der Waals surface area contributed by atoms with Gasteiger partial charge >= 0.3 is 0 Å². The monoisotopic (exact) mass is 254 g/mol. The summed E-state index contributed by atoms with van der Waals surface area (Å²) in [6.45, 7) is 4.28. The molecule has 0 amide bonds. The second-order valence-corrected chi connectivity index (χ2v) is 6.84. The number of rotatable bonds is 3. The van der Waals surface area contributed by atoms with Gasteiger partial charge in [-0.25, -0.2) is 8.42 Å². The Morgan fingerprint density at radius 3 is 2.82 bits per heavy atom. The van der Waals surface area contributed by atoms with E-state index in [4.69, 9.17) is 0 Å². The molecule has 0 spiro atoms. The number of anilines is 2. The number of aryl methyl sites for hydroxylation is 1. The van der Waals surface area contributed by atoms with Crippen LogP contribution in [0.2, 0.25) is 0 Å². The Balaban J connectivity index is 2.23. The lowest BCUT2D eigenvalue weighted by Gasteiger charge is -2.19. The number of sulfonamides is 1. The molecule has 0 unspecified atom stereocenters. The molecule has 1 aliphatic rings. The highest BCUT2D eigenvalue weighted by Gasteiger charge is 2.16. The zero-order valence-electron chi connectivity index (χ0n) is 10.2. The molecule has 1 aromatic carbocycles. The molecule has 2 rings (SSSR count). The third kappa shape index (κ3) is 2.72. The first kappa shape index (κ1) is 12.2. The fourth-order valence-corrected chi connectivity index (χ4v) is 2.50. The van der Waals surface area contributed by atoms with Crippen molar-refractivity contribution in [3.63, 3.8) is 0 Å². The Morgan fingerprint density at radius 2 is 2.12 bits per heavy atom. The van der Waals surface area contributed by atoms with Gasteiger partial charge in [0.1, 0.15) is 0 Å². The average Bonchev–Trinajstić information content (AvgIpc) is 2.28. The van der Waals surface area contributed by atoms with E-state index < -0.39 is 15.3 Å². The van der Waals surface area contributed by atoms with Crippen LogP contribution in [0.3, 0.4) is 0 Å². The molecular weight excluding hydrogens is 236 g/mol. The minimum Gasteiger partial charge on any atom is -0.385 e. The van der Waals surface area contributed by atoms with Gasteiger partial charge in [-0.2, -0.15) is 0 Å². The van der Waals surface area contributed by atoms with E-state index in [1.54, 1.807) is 13.8 Å². The van der Waals surface area contributed by atoms with Gasteiger partial charge in [0.25, 0.3) is 0 Å². The van der Waals surface area contributed by atoms with Gasteiger partial charge in [0, 0.05) is 12.2 Å². The standard InChI is InChI=1S/C12H18N2O2S/c1-9(2)17(15,16)14-11-6-5-10-4-3-7-13-12(10)8-11/h5-6,8-9,13-14H,3-4,7H2,1-2H3. The lowest BCUT2D eigenvalue weighted by atomic mass is 10.0. The first-order valence-electron chi connectivity index (χ1n) is 5.87. The number of fused-ring (bicyclic) bond motifs is 1. The molecule has 1 aromatic rings. The van der Waals surface area contributed by atoms with Gasteiger partial charge in [-0.15, -0.1) is 0 Å². The van der Waals surface area contributed by atoms with Crippen LogP contribution in [0.1, 0.15) is 25.8 Å². The third-order valence-electron chi connectivity index (χ3n) is 2.93. The van der Waals surface area contributed by atoms with Gasteiger partial charge in [0.2, 0.25) is 10.0 Å². The molecule has 2 N–H and O–H groups in total. The summed E-state index contributed by atoms with van der Waals surface area (Å²) >= 11 is 0. The molecule has 0 saturated heterocycles. The fourth-order valence-electron chi connectivity index (χ4n) is 1.81. The summed E-state index contributed by atoms with van der Waals surface area (Å²) in [6, 6.07) is 5.68. The molecule has 4 nitrogen and oxygen atoms in total. The summed E-state index contributed by atoms with van der Waals surface area (Å²) in [7, 11) is -3.26. The first-order chi connectivity index (χ1) is 7.99. The summed E-state index contributed by atoms with van der Waals surface area (Å²) in [6.07, 6.45) is 2.18. The number of hydrogen-bond donors (Lipinski definition) is 2. The van der Waals surface area contributed by atoms with Gasteiger partial charge in [-0.05, 0) is 44.4 Å². The van der Waals surface area contributed by atoms with Crippen LogP contribution in [0, 0.1) is 0 Å². The molecule has 1 heterocycles. The van der Waals surface area contributed by atoms with Crippen LogP contribution in [0.4, 0.5) is 11.4 Å². The van der Waals surface area contributed by atoms with Crippen LogP contribution in [-0.2, 0) is 16.4 Å². The highest BCUT2D eigenvalue weighted by Crippen LogP contribution is 2.26. The predicted molar refractivity (Wildman–Crippen MR) is 70.9 cm³/mol. The molecule has 5 heteroatoms. The van der Waals surface area contributed by atoms with Crippen molar-refractivity contribution in [1.29, 1.82) is 0 Å². The molecular formula is C12H18N2O2S. The van der Waals surface area contributed by atoms with Crippen molar-refractivity contribution < 1.29 is 8.42 Å². The van der Waals surface area contributed by atoms with Crippen LogP contribution in [-0.4, -0.2) is 20.2 Å². The highest BCUT2D eigenvalue weighted by molar-refractivity contribution is 7.93. The summed E-state index contributed by atoms with van der Waals surface area (Å²) in [5.41, 5.74) is 2.93. The minimum atomic E-state index is -3.26. The van der Waals surface area contributed by atoms with Crippen LogP contribution in [0.15, 0.2) is 18.2 Å². The lowest BCUT2D eigenvalue weighted by Crippen LogP contribution is -2.22. The molecule has 0 atom stereocenters. The van der Waals surface area contributed by atoms with Crippen molar-refractivity contribution in [2.24, 2.45) is 0 Å². The number of hydrogen-bond acceptors (Lipinski definition) is 3. The summed E-state index contributed by atoms with van der Waals surface area (Å²) in [5, 5.41) is 2.86. The van der Waals surface area contributed by atoms with Crippen molar-refractivity contribution >= 4 is 21.4 Å². The van der Waals surface area contributed by atoms with Crippen LogP contribution in [0.25, 0.3) is 0 Å². The van der Waals surface area contributed by atoms with E-state index in [1.807, 2.05) is 18.2 Å². The quantitative estimate of drug-likeness (QED) is 0.869. The zero-order chi connectivity index (χ0) is 12.5. The topological polar surface area (TPSA) is 58.2 Å². The van der Waals surface area contributed by atoms with Crippen LogP contribution >= 0.6 is 0 Å². The van der Waals surface area contributed by atoms with Gasteiger partial charge < -0.3 is 5.32 Å². The Labute approximate surface area is 102 Å². The Kier molecular flexibility index (Phi) is 3.28. The maximum absolute atomic E-state index is 11.7. The van der Waals surface area contributed by atoms with E-state index in [1.165, 1.54) is 5.56 Å². The number of benzene rings is 1. The molecule has 1 aliphatic heterocycles.